The van der Waals surface area contributed by atoms with Gasteiger partial charge in [-0.1, -0.05) is 90.5 Å². The highest BCUT2D eigenvalue weighted by Gasteiger charge is 2.17. The van der Waals surface area contributed by atoms with E-state index in [1.165, 1.54) is 5.56 Å². The first-order valence-corrected chi connectivity index (χ1v) is 14.4. The second-order valence-electron chi connectivity index (χ2n) is 10.7. The molecule has 4 aromatic heterocycles. The predicted octanol–water partition coefficient (Wildman–Crippen LogP) is 9.20. The summed E-state index contributed by atoms with van der Waals surface area (Å²) in [6.07, 6.45) is 3.61. The Balaban J connectivity index is 1.25. The molecular formula is C38H25N5O. The standard InChI is InChI=1S/C38H25N5O/c1-24-9-8-14-27(21-24)32-18-16-29(23-40-32)37-42-35(26-12-6-3-7-13-26)41-36(43-37)28-15-17-31-33(22-28)44-38-34(31)30(19-20-39-38)25-10-4-2-5-11-25/h2-23H,1H3. The van der Waals surface area contributed by atoms with Gasteiger partial charge in [0, 0.05) is 40.0 Å². The number of nitrogens with zero attached hydrogens (tertiary/aromatic N) is 5. The summed E-state index contributed by atoms with van der Waals surface area (Å²) in [6, 6.07) is 40.7. The maximum atomic E-state index is 6.28. The van der Waals surface area contributed by atoms with Crippen molar-refractivity contribution in [2.24, 2.45) is 0 Å². The van der Waals surface area contributed by atoms with Gasteiger partial charge in [0.1, 0.15) is 5.58 Å². The molecule has 6 nitrogen and oxygen atoms in total. The molecule has 208 valence electrons. The van der Waals surface area contributed by atoms with Gasteiger partial charge in [0.2, 0.25) is 5.71 Å². The van der Waals surface area contributed by atoms with Crippen molar-refractivity contribution in [3.63, 3.8) is 0 Å². The van der Waals surface area contributed by atoms with Gasteiger partial charge in [0.05, 0.1) is 11.1 Å². The number of aryl methyl sites for hydroxylation is 1. The van der Waals surface area contributed by atoms with Gasteiger partial charge in [-0.25, -0.2) is 19.9 Å². The Labute approximate surface area is 253 Å². The zero-order chi connectivity index (χ0) is 29.5. The fourth-order valence-electron chi connectivity index (χ4n) is 5.55. The quantitative estimate of drug-likeness (QED) is 0.206. The van der Waals surface area contributed by atoms with Gasteiger partial charge in [-0.3, -0.25) is 4.98 Å². The summed E-state index contributed by atoms with van der Waals surface area (Å²) in [4.78, 5) is 24.0. The molecule has 0 radical (unpaired) electrons. The van der Waals surface area contributed by atoms with Crippen LogP contribution >= 0.6 is 0 Å². The maximum Gasteiger partial charge on any atom is 0.227 e. The first kappa shape index (κ1) is 25.7. The van der Waals surface area contributed by atoms with E-state index < -0.39 is 0 Å². The van der Waals surface area contributed by atoms with Crippen molar-refractivity contribution in [2.75, 3.05) is 0 Å². The lowest BCUT2D eigenvalue weighted by Crippen LogP contribution is -2.00. The number of benzene rings is 4. The van der Waals surface area contributed by atoms with Crippen LogP contribution in [0.2, 0.25) is 0 Å². The molecule has 0 amide bonds. The molecule has 0 saturated heterocycles. The summed E-state index contributed by atoms with van der Waals surface area (Å²) >= 11 is 0. The van der Waals surface area contributed by atoms with Crippen molar-refractivity contribution in [3.05, 3.63) is 139 Å². The first-order chi connectivity index (χ1) is 21.7. The Morgan fingerprint density at radius 1 is 0.523 bits per heavy atom. The lowest BCUT2D eigenvalue weighted by atomic mass is 10.0. The minimum Gasteiger partial charge on any atom is -0.438 e. The van der Waals surface area contributed by atoms with Gasteiger partial charge in [0.25, 0.3) is 0 Å². The van der Waals surface area contributed by atoms with Crippen LogP contribution < -0.4 is 0 Å². The molecule has 4 aromatic carbocycles. The molecule has 0 fully saturated rings. The lowest BCUT2D eigenvalue weighted by molar-refractivity contribution is 0.654. The van der Waals surface area contributed by atoms with Gasteiger partial charge in [-0.15, -0.1) is 0 Å². The molecule has 0 aliphatic carbocycles. The second-order valence-corrected chi connectivity index (χ2v) is 10.7. The topological polar surface area (TPSA) is 77.6 Å². The highest BCUT2D eigenvalue weighted by molar-refractivity contribution is 6.11. The van der Waals surface area contributed by atoms with E-state index in [0.29, 0.717) is 23.2 Å². The van der Waals surface area contributed by atoms with Crippen LogP contribution in [0.3, 0.4) is 0 Å². The third kappa shape index (κ3) is 4.68. The number of hydrogen-bond acceptors (Lipinski definition) is 6. The van der Waals surface area contributed by atoms with E-state index in [-0.39, 0.29) is 0 Å². The SMILES string of the molecule is Cc1cccc(-c2ccc(-c3nc(-c4ccccc4)nc(-c4ccc5c(c4)oc4nccc(-c6ccccc6)c45)n3)cn2)c1. The number of rotatable bonds is 5. The predicted molar refractivity (Wildman–Crippen MR) is 175 cm³/mol. The Kier molecular flexibility index (Phi) is 6.23. The fourth-order valence-corrected chi connectivity index (χ4v) is 5.55. The van der Waals surface area contributed by atoms with E-state index >= 15 is 0 Å². The summed E-state index contributed by atoms with van der Waals surface area (Å²) in [5.41, 5.74) is 9.21. The summed E-state index contributed by atoms with van der Waals surface area (Å²) in [7, 11) is 0. The van der Waals surface area contributed by atoms with Crippen LogP contribution in [-0.4, -0.2) is 24.9 Å². The lowest BCUT2D eigenvalue weighted by Gasteiger charge is -2.09. The van der Waals surface area contributed by atoms with Crippen LogP contribution in [0.1, 0.15) is 5.56 Å². The molecule has 8 aromatic rings. The summed E-state index contributed by atoms with van der Waals surface area (Å²) in [5.74, 6) is 1.69. The number of pyridine rings is 2. The number of fused-ring (bicyclic) bond motifs is 3. The van der Waals surface area contributed by atoms with Crippen LogP contribution in [0.25, 0.3) is 78.6 Å². The maximum absolute atomic E-state index is 6.28. The van der Waals surface area contributed by atoms with Gasteiger partial charge in [-0.05, 0) is 54.4 Å². The van der Waals surface area contributed by atoms with Crippen molar-refractivity contribution in [1.82, 2.24) is 24.9 Å². The van der Waals surface area contributed by atoms with E-state index in [4.69, 9.17) is 24.4 Å². The zero-order valence-corrected chi connectivity index (χ0v) is 23.8. The number of furan rings is 1. The van der Waals surface area contributed by atoms with Crippen LogP contribution in [0, 0.1) is 6.92 Å². The normalized spacial score (nSPS) is 11.3. The first-order valence-electron chi connectivity index (χ1n) is 14.4. The Morgan fingerprint density at radius 2 is 1.20 bits per heavy atom. The van der Waals surface area contributed by atoms with E-state index in [2.05, 4.69) is 48.3 Å². The Bertz CT molecular complexity index is 2280. The van der Waals surface area contributed by atoms with Crippen LogP contribution in [-0.2, 0) is 0 Å². The summed E-state index contributed by atoms with van der Waals surface area (Å²) < 4.78 is 6.28. The highest BCUT2D eigenvalue weighted by atomic mass is 16.3. The van der Waals surface area contributed by atoms with E-state index in [1.54, 1.807) is 6.20 Å². The Hall–Kier alpha value is -6.01. The molecule has 6 heteroatoms. The molecule has 0 bridgehead atoms. The van der Waals surface area contributed by atoms with Gasteiger partial charge in [0.15, 0.2) is 17.5 Å². The monoisotopic (exact) mass is 567 g/mol. The minimum absolute atomic E-state index is 0.551. The molecule has 0 aliphatic rings. The molecule has 0 aliphatic heterocycles. The van der Waals surface area contributed by atoms with Crippen molar-refractivity contribution >= 4 is 22.1 Å². The van der Waals surface area contributed by atoms with Crippen LogP contribution in [0.15, 0.2) is 138 Å². The van der Waals surface area contributed by atoms with Crippen LogP contribution in [0.4, 0.5) is 0 Å². The molecule has 0 unspecified atom stereocenters. The van der Waals surface area contributed by atoms with E-state index in [9.17, 15) is 0 Å². The molecular weight excluding hydrogens is 542 g/mol. The van der Waals surface area contributed by atoms with Gasteiger partial charge >= 0.3 is 0 Å². The molecule has 0 N–H and O–H groups in total. The van der Waals surface area contributed by atoms with Crippen molar-refractivity contribution in [3.8, 4) is 56.5 Å². The van der Waals surface area contributed by atoms with E-state index in [0.717, 1.165) is 55.4 Å². The molecule has 0 saturated carbocycles. The fraction of sp³-hybridized carbons (Fsp3) is 0.0263. The summed E-state index contributed by atoms with van der Waals surface area (Å²) in [5, 5.41) is 1.98. The minimum atomic E-state index is 0.551. The summed E-state index contributed by atoms with van der Waals surface area (Å²) in [6.45, 7) is 2.08. The number of hydrogen-bond donors (Lipinski definition) is 0. The molecule has 4 heterocycles. The molecule has 8 rings (SSSR count). The number of aromatic nitrogens is 5. The molecule has 44 heavy (non-hydrogen) atoms. The Morgan fingerprint density at radius 3 is 1.93 bits per heavy atom. The molecule has 0 atom stereocenters. The largest absolute Gasteiger partial charge is 0.438 e. The molecule has 0 spiro atoms. The van der Waals surface area contributed by atoms with E-state index in [1.807, 2.05) is 91.1 Å². The van der Waals surface area contributed by atoms with Gasteiger partial charge in [-0.2, -0.15) is 0 Å². The third-order valence-electron chi connectivity index (χ3n) is 7.72. The third-order valence-corrected chi connectivity index (χ3v) is 7.72. The van der Waals surface area contributed by atoms with Crippen molar-refractivity contribution in [1.29, 1.82) is 0 Å². The van der Waals surface area contributed by atoms with Gasteiger partial charge < -0.3 is 4.42 Å². The smallest absolute Gasteiger partial charge is 0.227 e. The second kappa shape index (κ2) is 10.7. The highest BCUT2D eigenvalue weighted by Crippen LogP contribution is 2.37. The van der Waals surface area contributed by atoms with Crippen molar-refractivity contribution < 1.29 is 4.42 Å². The average Bonchev–Trinajstić information content (AvgIpc) is 3.47. The van der Waals surface area contributed by atoms with Crippen molar-refractivity contribution in [2.45, 2.75) is 6.92 Å². The average molecular weight is 568 g/mol. The van der Waals surface area contributed by atoms with Crippen LogP contribution in [0.5, 0.6) is 0 Å². The zero-order valence-electron chi connectivity index (χ0n) is 23.8.